The second-order valence-corrected chi connectivity index (χ2v) is 3.65. The molecule has 5 nitrogen and oxygen atoms in total. The molecule has 1 aromatic heterocycles. The van der Waals surface area contributed by atoms with Gasteiger partial charge in [-0.3, -0.25) is 4.79 Å². The summed E-state index contributed by atoms with van der Waals surface area (Å²) in [6, 6.07) is 5.87. The highest BCUT2D eigenvalue weighted by atomic mass is 16.2. The maximum Gasteiger partial charge on any atom is 0.268 e. The van der Waals surface area contributed by atoms with Crippen molar-refractivity contribution >= 4 is 29.0 Å². The molecule has 5 heteroatoms. The number of nitrogens with one attached hydrogen (secondary N) is 1. The van der Waals surface area contributed by atoms with Crippen molar-refractivity contribution in [3.63, 3.8) is 0 Å². The Hall–Kier alpha value is -2.56. The summed E-state index contributed by atoms with van der Waals surface area (Å²) in [5.41, 5.74) is 0.958. The van der Waals surface area contributed by atoms with E-state index < -0.39 is 0 Å². The molecule has 3 rings (SSSR count). The normalized spacial score (nSPS) is 16.7. The summed E-state index contributed by atoms with van der Waals surface area (Å²) in [5.74, 6) is 0.360. The minimum absolute atomic E-state index is 0.192. The maximum absolute atomic E-state index is 10.9. The Balaban J connectivity index is 2.01. The monoisotopic (exact) mass is 224 g/mol. The number of carbonyl (C=O) groups is 1. The second-order valence-electron chi connectivity index (χ2n) is 3.65. The van der Waals surface area contributed by atoms with Crippen LogP contribution in [0.15, 0.2) is 41.4 Å². The van der Waals surface area contributed by atoms with Gasteiger partial charge in [-0.15, -0.1) is 0 Å². The van der Waals surface area contributed by atoms with Gasteiger partial charge in [0.05, 0.1) is 18.6 Å². The van der Waals surface area contributed by atoms with Crippen molar-refractivity contribution in [2.24, 2.45) is 4.99 Å². The zero-order valence-corrected chi connectivity index (χ0v) is 8.79. The fraction of sp³-hybridized carbons (Fsp3) is 0. The molecule has 0 unspecified atom stereocenters. The number of hydrogen-bond donors (Lipinski definition) is 1. The summed E-state index contributed by atoms with van der Waals surface area (Å²) in [6.07, 6.45) is 6.48. The van der Waals surface area contributed by atoms with Crippen LogP contribution in [0.3, 0.4) is 0 Å². The van der Waals surface area contributed by atoms with Crippen LogP contribution in [0.25, 0.3) is 16.8 Å². The molecule has 0 atom stereocenters. The molecule has 82 valence electrons. The third-order valence-corrected chi connectivity index (χ3v) is 2.45. The standard InChI is InChI=1S/C12H8N4O/c17-12-7-13-11(16-12)4-8-1-2-9-5-14-15-6-10(9)3-8/h1-7H,(H,16,17). The van der Waals surface area contributed by atoms with Crippen molar-refractivity contribution in [2.75, 3.05) is 0 Å². The van der Waals surface area contributed by atoms with E-state index in [0.717, 1.165) is 16.3 Å². The van der Waals surface area contributed by atoms with Crippen LogP contribution < -0.4 is 5.32 Å². The van der Waals surface area contributed by atoms with E-state index >= 15 is 0 Å². The number of carbonyl (C=O) groups excluding carboxylic acids is 1. The molecule has 0 spiro atoms. The van der Waals surface area contributed by atoms with Gasteiger partial charge in [0, 0.05) is 10.8 Å². The summed E-state index contributed by atoms with van der Waals surface area (Å²) >= 11 is 0. The molecule has 0 saturated carbocycles. The molecule has 2 aromatic rings. The molecule has 17 heavy (non-hydrogen) atoms. The summed E-state index contributed by atoms with van der Waals surface area (Å²) < 4.78 is 0. The minimum atomic E-state index is -0.192. The summed E-state index contributed by atoms with van der Waals surface area (Å²) in [7, 11) is 0. The van der Waals surface area contributed by atoms with Crippen LogP contribution in [0.2, 0.25) is 0 Å². The SMILES string of the molecule is O=C1C=NC(=Cc2ccc3cnncc3c2)N1. The van der Waals surface area contributed by atoms with Crippen LogP contribution in [-0.2, 0) is 4.79 Å². The number of benzene rings is 1. The van der Waals surface area contributed by atoms with Crippen molar-refractivity contribution in [3.8, 4) is 0 Å². The van der Waals surface area contributed by atoms with Crippen molar-refractivity contribution in [1.82, 2.24) is 15.5 Å². The highest BCUT2D eigenvalue weighted by Gasteiger charge is 2.07. The van der Waals surface area contributed by atoms with Crippen molar-refractivity contribution < 1.29 is 4.79 Å². The number of fused-ring (bicyclic) bond motifs is 1. The van der Waals surface area contributed by atoms with Crippen LogP contribution in [0.4, 0.5) is 0 Å². The molecular formula is C12H8N4O. The molecule has 1 amide bonds. The van der Waals surface area contributed by atoms with Gasteiger partial charge in [0.2, 0.25) is 0 Å². The summed E-state index contributed by atoms with van der Waals surface area (Å²) in [6.45, 7) is 0. The first-order chi connectivity index (χ1) is 8.31. The molecule has 1 aliphatic heterocycles. The van der Waals surface area contributed by atoms with E-state index in [1.165, 1.54) is 6.21 Å². The predicted molar refractivity (Wildman–Crippen MR) is 64.1 cm³/mol. The fourth-order valence-corrected chi connectivity index (χ4v) is 1.65. The van der Waals surface area contributed by atoms with Crippen molar-refractivity contribution in [2.45, 2.75) is 0 Å². The van der Waals surface area contributed by atoms with E-state index in [4.69, 9.17) is 0 Å². The quantitative estimate of drug-likeness (QED) is 0.789. The zero-order valence-electron chi connectivity index (χ0n) is 8.79. The molecule has 0 aliphatic carbocycles. The number of hydrogen-bond acceptors (Lipinski definition) is 4. The number of nitrogens with zero attached hydrogens (tertiary/aromatic N) is 3. The summed E-state index contributed by atoms with van der Waals surface area (Å²) in [5, 5.41) is 12.3. The first kappa shape index (κ1) is 9.65. The number of aliphatic imine (C=N–C) groups is 1. The van der Waals surface area contributed by atoms with Gasteiger partial charge in [-0.1, -0.05) is 12.1 Å². The third-order valence-electron chi connectivity index (χ3n) is 2.45. The highest BCUT2D eigenvalue weighted by molar-refractivity contribution is 6.29. The van der Waals surface area contributed by atoms with E-state index in [9.17, 15) is 4.79 Å². The molecule has 0 fully saturated rings. The van der Waals surface area contributed by atoms with E-state index in [2.05, 4.69) is 20.5 Å². The van der Waals surface area contributed by atoms with Gasteiger partial charge in [0.25, 0.3) is 5.91 Å². The molecule has 0 bridgehead atoms. The van der Waals surface area contributed by atoms with Gasteiger partial charge < -0.3 is 5.32 Å². The van der Waals surface area contributed by atoms with Gasteiger partial charge in [0.15, 0.2) is 0 Å². The van der Waals surface area contributed by atoms with E-state index in [0.29, 0.717) is 5.82 Å². The van der Waals surface area contributed by atoms with E-state index in [1.54, 1.807) is 18.5 Å². The molecule has 1 N–H and O–H groups in total. The van der Waals surface area contributed by atoms with Crippen LogP contribution in [-0.4, -0.2) is 22.3 Å². The number of rotatable bonds is 1. The molecule has 0 saturated heterocycles. The highest BCUT2D eigenvalue weighted by Crippen LogP contribution is 2.16. The van der Waals surface area contributed by atoms with E-state index in [1.807, 2.05) is 18.2 Å². The van der Waals surface area contributed by atoms with Crippen LogP contribution >= 0.6 is 0 Å². The molecule has 1 aromatic carbocycles. The van der Waals surface area contributed by atoms with E-state index in [-0.39, 0.29) is 5.91 Å². The number of aromatic nitrogens is 2. The number of amides is 1. The molecule has 1 aliphatic rings. The first-order valence-electron chi connectivity index (χ1n) is 5.08. The maximum atomic E-state index is 10.9. The lowest BCUT2D eigenvalue weighted by atomic mass is 10.1. The molecular weight excluding hydrogens is 216 g/mol. The lowest BCUT2D eigenvalue weighted by Gasteiger charge is -1.99. The van der Waals surface area contributed by atoms with Gasteiger partial charge in [-0.25, -0.2) is 4.99 Å². The fourth-order valence-electron chi connectivity index (χ4n) is 1.65. The molecule has 2 heterocycles. The predicted octanol–water partition coefficient (Wildman–Crippen LogP) is 1.13. The van der Waals surface area contributed by atoms with Crippen molar-refractivity contribution in [3.05, 3.63) is 42.0 Å². The average Bonchev–Trinajstić information content (AvgIpc) is 2.75. The Morgan fingerprint density at radius 1 is 1.12 bits per heavy atom. The van der Waals surface area contributed by atoms with Gasteiger partial charge in [-0.2, -0.15) is 10.2 Å². The van der Waals surface area contributed by atoms with Crippen LogP contribution in [0, 0.1) is 0 Å². The Labute approximate surface area is 96.9 Å². The Morgan fingerprint density at radius 3 is 2.71 bits per heavy atom. The largest absolute Gasteiger partial charge is 0.306 e. The van der Waals surface area contributed by atoms with Gasteiger partial charge in [-0.05, 0) is 17.7 Å². The summed E-state index contributed by atoms with van der Waals surface area (Å²) in [4.78, 5) is 14.9. The van der Waals surface area contributed by atoms with Crippen LogP contribution in [0.1, 0.15) is 5.56 Å². The Morgan fingerprint density at radius 2 is 1.94 bits per heavy atom. The third kappa shape index (κ3) is 1.90. The first-order valence-corrected chi connectivity index (χ1v) is 5.08. The zero-order chi connectivity index (χ0) is 11.7. The van der Waals surface area contributed by atoms with Crippen molar-refractivity contribution in [1.29, 1.82) is 0 Å². The minimum Gasteiger partial charge on any atom is -0.306 e. The van der Waals surface area contributed by atoms with Gasteiger partial charge >= 0.3 is 0 Å². The topological polar surface area (TPSA) is 67.2 Å². The van der Waals surface area contributed by atoms with Crippen LogP contribution in [0.5, 0.6) is 0 Å². The smallest absolute Gasteiger partial charge is 0.268 e. The lowest BCUT2D eigenvalue weighted by molar-refractivity contribution is -0.113. The van der Waals surface area contributed by atoms with Gasteiger partial charge in [0.1, 0.15) is 5.82 Å². The second kappa shape index (κ2) is 3.79. The lowest BCUT2D eigenvalue weighted by Crippen LogP contribution is -2.14. The molecule has 0 radical (unpaired) electrons. The average molecular weight is 224 g/mol. The Kier molecular flexibility index (Phi) is 2.15. The Bertz CT molecular complexity index is 660.